The van der Waals surface area contributed by atoms with E-state index in [1.54, 1.807) is 35.2 Å². The van der Waals surface area contributed by atoms with Crippen LogP contribution in [-0.2, 0) is 6.42 Å². The minimum Gasteiger partial charge on any atom is -0.459 e. The number of carbonyl (C=O) groups is 2. The average molecular weight is 415 g/mol. The SMILES string of the molecule is O=C(Nc1ccc2c(c1)CCCN2C(=O)c1ccco1)c1ccc(Cl)c(Cl)c1. The quantitative estimate of drug-likeness (QED) is 0.621. The molecule has 142 valence electrons. The normalized spacial score (nSPS) is 13.1. The highest BCUT2D eigenvalue weighted by molar-refractivity contribution is 6.42. The summed E-state index contributed by atoms with van der Waals surface area (Å²) in [5, 5.41) is 3.59. The molecule has 0 aliphatic carbocycles. The third kappa shape index (κ3) is 3.63. The number of rotatable bonds is 3. The highest BCUT2D eigenvalue weighted by Gasteiger charge is 2.25. The highest BCUT2D eigenvalue weighted by atomic mass is 35.5. The molecule has 1 aromatic heterocycles. The average Bonchev–Trinajstić information content (AvgIpc) is 3.23. The Morgan fingerprint density at radius 1 is 1.04 bits per heavy atom. The van der Waals surface area contributed by atoms with Gasteiger partial charge in [0.25, 0.3) is 11.8 Å². The molecule has 3 aromatic rings. The van der Waals surface area contributed by atoms with E-state index in [0.29, 0.717) is 33.6 Å². The highest BCUT2D eigenvalue weighted by Crippen LogP contribution is 2.31. The number of benzene rings is 2. The Morgan fingerprint density at radius 2 is 1.89 bits per heavy atom. The van der Waals surface area contributed by atoms with Crippen LogP contribution < -0.4 is 10.2 Å². The van der Waals surface area contributed by atoms with Crippen molar-refractivity contribution in [3.05, 3.63) is 81.7 Å². The Hall–Kier alpha value is -2.76. The van der Waals surface area contributed by atoms with Gasteiger partial charge >= 0.3 is 0 Å². The first-order valence-electron chi connectivity index (χ1n) is 8.77. The van der Waals surface area contributed by atoms with E-state index in [1.807, 2.05) is 12.1 Å². The number of nitrogens with zero attached hydrogens (tertiary/aromatic N) is 1. The van der Waals surface area contributed by atoms with Crippen LogP contribution in [0.25, 0.3) is 0 Å². The zero-order chi connectivity index (χ0) is 19.7. The van der Waals surface area contributed by atoms with Gasteiger partial charge in [-0.2, -0.15) is 0 Å². The number of nitrogens with one attached hydrogen (secondary N) is 1. The van der Waals surface area contributed by atoms with Gasteiger partial charge in [-0.3, -0.25) is 9.59 Å². The molecule has 2 aromatic carbocycles. The second kappa shape index (κ2) is 7.70. The Morgan fingerprint density at radius 3 is 2.64 bits per heavy atom. The van der Waals surface area contributed by atoms with Crippen molar-refractivity contribution in [2.24, 2.45) is 0 Å². The van der Waals surface area contributed by atoms with Crippen LogP contribution in [0.15, 0.2) is 59.2 Å². The molecule has 2 heterocycles. The maximum Gasteiger partial charge on any atom is 0.293 e. The van der Waals surface area contributed by atoms with Gasteiger partial charge in [-0.1, -0.05) is 23.2 Å². The third-order valence-electron chi connectivity index (χ3n) is 4.61. The van der Waals surface area contributed by atoms with Crippen LogP contribution in [0.2, 0.25) is 10.0 Å². The van der Waals surface area contributed by atoms with Crippen LogP contribution in [0.4, 0.5) is 11.4 Å². The van der Waals surface area contributed by atoms with Crippen molar-refractivity contribution in [3.63, 3.8) is 0 Å². The molecule has 0 atom stereocenters. The monoisotopic (exact) mass is 414 g/mol. The van der Waals surface area contributed by atoms with Gasteiger partial charge in [-0.25, -0.2) is 0 Å². The van der Waals surface area contributed by atoms with E-state index < -0.39 is 0 Å². The number of halogens is 2. The molecule has 0 unspecified atom stereocenters. The second-order valence-corrected chi connectivity index (χ2v) is 7.28. The van der Waals surface area contributed by atoms with Gasteiger partial charge in [0.2, 0.25) is 0 Å². The van der Waals surface area contributed by atoms with E-state index >= 15 is 0 Å². The summed E-state index contributed by atoms with van der Waals surface area (Å²) in [6.45, 7) is 0.627. The molecule has 1 aliphatic heterocycles. The Balaban J connectivity index is 1.56. The van der Waals surface area contributed by atoms with Crippen molar-refractivity contribution in [2.45, 2.75) is 12.8 Å². The first-order chi connectivity index (χ1) is 13.5. The Labute approximate surface area is 171 Å². The number of hydrogen-bond donors (Lipinski definition) is 1. The van der Waals surface area contributed by atoms with Gasteiger partial charge in [0.15, 0.2) is 5.76 Å². The summed E-state index contributed by atoms with van der Waals surface area (Å²) in [5.74, 6) is -0.138. The summed E-state index contributed by atoms with van der Waals surface area (Å²) in [5.41, 5.74) is 2.90. The van der Waals surface area contributed by atoms with E-state index in [9.17, 15) is 9.59 Å². The molecular formula is C21H16Cl2N2O3. The standard InChI is InChI=1S/C21H16Cl2N2O3/c22-16-7-5-14(12-17(16)23)20(26)24-15-6-8-18-13(11-15)3-1-9-25(18)21(27)19-4-2-10-28-19/h2,4-8,10-12H,1,3,9H2,(H,24,26). The Bertz CT molecular complexity index is 1050. The number of aryl methyl sites for hydroxylation is 1. The lowest BCUT2D eigenvalue weighted by Gasteiger charge is -2.29. The molecule has 0 spiro atoms. The van der Waals surface area contributed by atoms with Gasteiger partial charge < -0.3 is 14.6 Å². The molecule has 0 saturated carbocycles. The van der Waals surface area contributed by atoms with Gasteiger partial charge in [-0.05, 0) is 66.9 Å². The predicted molar refractivity (Wildman–Crippen MR) is 110 cm³/mol. The zero-order valence-electron chi connectivity index (χ0n) is 14.7. The molecule has 1 N–H and O–H groups in total. The van der Waals surface area contributed by atoms with Crippen LogP contribution in [-0.4, -0.2) is 18.4 Å². The Kier molecular flexibility index (Phi) is 5.11. The minimum absolute atomic E-state index is 0.168. The summed E-state index contributed by atoms with van der Waals surface area (Å²) in [6.07, 6.45) is 3.15. The maximum absolute atomic E-state index is 12.7. The van der Waals surface area contributed by atoms with Crippen molar-refractivity contribution in [1.29, 1.82) is 0 Å². The smallest absolute Gasteiger partial charge is 0.293 e. The molecule has 7 heteroatoms. The summed E-state index contributed by atoms with van der Waals surface area (Å²) < 4.78 is 5.24. The van der Waals surface area contributed by atoms with Gasteiger partial charge in [0, 0.05) is 23.5 Å². The van der Waals surface area contributed by atoms with Crippen LogP contribution in [0.1, 0.15) is 32.9 Å². The molecule has 0 saturated heterocycles. The molecule has 4 rings (SSSR count). The van der Waals surface area contributed by atoms with Crippen molar-refractivity contribution >= 4 is 46.4 Å². The fourth-order valence-electron chi connectivity index (χ4n) is 3.26. The number of furan rings is 1. The molecule has 0 fully saturated rings. The number of fused-ring (bicyclic) bond motifs is 1. The topological polar surface area (TPSA) is 62.6 Å². The third-order valence-corrected chi connectivity index (χ3v) is 5.35. The summed E-state index contributed by atoms with van der Waals surface area (Å²) >= 11 is 11.9. The van der Waals surface area contributed by atoms with Crippen molar-refractivity contribution in [3.8, 4) is 0 Å². The van der Waals surface area contributed by atoms with Crippen LogP contribution in [0.5, 0.6) is 0 Å². The van der Waals surface area contributed by atoms with Gasteiger partial charge in [0.1, 0.15) is 0 Å². The second-order valence-electron chi connectivity index (χ2n) is 6.46. The molecule has 5 nitrogen and oxygen atoms in total. The van der Waals surface area contributed by atoms with Crippen molar-refractivity contribution in [2.75, 3.05) is 16.8 Å². The first-order valence-corrected chi connectivity index (χ1v) is 9.53. The van der Waals surface area contributed by atoms with Gasteiger partial charge in [-0.15, -0.1) is 0 Å². The first kappa shape index (κ1) is 18.6. The molecular weight excluding hydrogens is 399 g/mol. The minimum atomic E-state index is -0.280. The lowest BCUT2D eigenvalue weighted by molar-refractivity contribution is 0.0957. The molecule has 0 bridgehead atoms. The van der Waals surface area contributed by atoms with E-state index in [4.69, 9.17) is 27.6 Å². The number of hydrogen-bond acceptors (Lipinski definition) is 3. The van der Waals surface area contributed by atoms with Crippen molar-refractivity contribution in [1.82, 2.24) is 0 Å². The lowest BCUT2D eigenvalue weighted by Crippen LogP contribution is -2.35. The van der Waals surface area contributed by atoms with E-state index in [1.165, 1.54) is 12.3 Å². The number of anilines is 2. The predicted octanol–water partition coefficient (Wildman–Crippen LogP) is 5.43. The fourth-order valence-corrected chi connectivity index (χ4v) is 3.56. The molecule has 0 radical (unpaired) electrons. The van der Waals surface area contributed by atoms with E-state index in [2.05, 4.69) is 5.32 Å². The number of carbonyl (C=O) groups excluding carboxylic acids is 2. The molecule has 2 amide bonds. The van der Waals surface area contributed by atoms with Crippen molar-refractivity contribution < 1.29 is 14.0 Å². The molecule has 1 aliphatic rings. The summed E-state index contributed by atoms with van der Waals surface area (Å²) in [4.78, 5) is 26.9. The summed E-state index contributed by atoms with van der Waals surface area (Å²) in [7, 11) is 0. The molecule has 28 heavy (non-hydrogen) atoms. The number of amides is 2. The fraction of sp³-hybridized carbons (Fsp3) is 0.143. The summed E-state index contributed by atoms with van der Waals surface area (Å²) in [6, 6.07) is 13.6. The van der Waals surface area contributed by atoms with Gasteiger partial charge in [0.05, 0.1) is 16.3 Å². The largest absolute Gasteiger partial charge is 0.459 e. The maximum atomic E-state index is 12.7. The van der Waals surface area contributed by atoms with E-state index in [-0.39, 0.29) is 11.8 Å². The van der Waals surface area contributed by atoms with Crippen LogP contribution in [0, 0.1) is 0 Å². The lowest BCUT2D eigenvalue weighted by atomic mass is 10.0. The van der Waals surface area contributed by atoms with Crippen LogP contribution >= 0.6 is 23.2 Å². The zero-order valence-corrected chi connectivity index (χ0v) is 16.3. The van der Waals surface area contributed by atoms with Crippen LogP contribution in [0.3, 0.4) is 0 Å². The van der Waals surface area contributed by atoms with E-state index in [0.717, 1.165) is 24.1 Å².